The summed E-state index contributed by atoms with van der Waals surface area (Å²) in [7, 11) is 3.50. The van der Waals surface area contributed by atoms with Crippen molar-refractivity contribution in [1.82, 2.24) is 15.5 Å². The molecule has 2 unspecified atom stereocenters. The summed E-state index contributed by atoms with van der Waals surface area (Å²) >= 11 is 1.81. The maximum absolute atomic E-state index is 11.7. The molecule has 1 aliphatic rings. The molecule has 23 heavy (non-hydrogen) atoms. The molecule has 0 spiro atoms. The van der Waals surface area contributed by atoms with Gasteiger partial charge in [-0.15, -0.1) is 11.8 Å². The van der Waals surface area contributed by atoms with Gasteiger partial charge >= 0.3 is 0 Å². The molecule has 1 amide bonds. The molecule has 2 N–H and O–H groups in total. The Morgan fingerprint density at radius 3 is 2.65 bits per heavy atom. The van der Waals surface area contributed by atoms with Gasteiger partial charge in [0.1, 0.15) is 6.54 Å². The molecule has 2 atom stereocenters. The summed E-state index contributed by atoms with van der Waals surface area (Å²) < 4.78 is 0. The first-order valence-corrected chi connectivity index (χ1v) is 8.97. The van der Waals surface area contributed by atoms with E-state index in [1.165, 1.54) is 11.3 Å². The Morgan fingerprint density at radius 2 is 2.04 bits per heavy atom. The number of nitrogens with one attached hydrogen (secondary N) is 2. The van der Waals surface area contributed by atoms with E-state index in [1.54, 1.807) is 30.8 Å². The third-order valence-corrected chi connectivity index (χ3v) is 4.72. The summed E-state index contributed by atoms with van der Waals surface area (Å²) in [5, 5.41) is 6.72. The van der Waals surface area contributed by atoms with Gasteiger partial charge in [0.25, 0.3) is 0 Å². The van der Waals surface area contributed by atoms with E-state index in [-0.39, 0.29) is 12.5 Å². The number of carbonyl (C=O) groups excluding carboxylic acids is 1. The predicted molar refractivity (Wildman–Crippen MR) is 96.9 cm³/mol. The zero-order chi connectivity index (χ0) is 16.7. The smallest absolute Gasteiger partial charge is 0.243 e. The molecular formula is C17H26N4OS. The van der Waals surface area contributed by atoms with E-state index in [9.17, 15) is 4.79 Å². The third-order valence-electron chi connectivity index (χ3n) is 3.71. The van der Waals surface area contributed by atoms with Crippen LogP contribution in [-0.4, -0.2) is 55.7 Å². The van der Waals surface area contributed by atoms with Crippen LogP contribution in [0.2, 0.25) is 0 Å². The molecule has 1 aromatic carbocycles. The molecule has 0 aliphatic heterocycles. The number of thioether (sulfide) groups is 1. The summed E-state index contributed by atoms with van der Waals surface area (Å²) in [5.74, 6) is 2.38. The molecule has 1 aliphatic carbocycles. The highest BCUT2D eigenvalue weighted by Gasteiger charge is 2.33. The molecule has 0 bridgehead atoms. The van der Waals surface area contributed by atoms with E-state index in [2.05, 4.69) is 34.7 Å². The zero-order valence-corrected chi connectivity index (χ0v) is 14.9. The van der Waals surface area contributed by atoms with Gasteiger partial charge in [-0.2, -0.15) is 0 Å². The summed E-state index contributed by atoms with van der Waals surface area (Å²) in [6.07, 6.45) is 1.17. The number of nitrogens with zero attached hydrogens (tertiary/aromatic N) is 2. The van der Waals surface area contributed by atoms with Crippen LogP contribution in [0.4, 0.5) is 0 Å². The van der Waals surface area contributed by atoms with Crippen molar-refractivity contribution in [3.8, 4) is 0 Å². The number of guanidine groups is 1. The minimum absolute atomic E-state index is 0.00797. The van der Waals surface area contributed by atoms with Crippen molar-refractivity contribution < 1.29 is 4.79 Å². The predicted octanol–water partition coefficient (Wildman–Crippen LogP) is 1.81. The van der Waals surface area contributed by atoms with E-state index in [0.29, 0.717) is 12.0 Å². The zero-order valence-electron chi connectivity index (χ0n) is 14.1. The maximum atomic E-state index is 11.7. The molecule has 1 aromatic rings. The van der Waals surface area contributed by atoms with E-state index >= 15 is 0 Å². The highest BCUT2D eigenvalue weighted by molar-refractivity contribution is 7.99. The van der Waals surface area contributed by atoms with Crippen LogP contribution in [0.5, 0.6) is 0 Å². The van der Waals surface area contributed by atoms with Crippen molar-refractivity contribution in [2.75, 3.05) is 32.9 Å². The SMILES string of the molecule is CC1CC1NC(=NCC(=O)N(C)C)NCCSc1ccccc1. The van der Waals surface area contributed by atoms with Gasteiger partial charge in [-0.1, -0.05) is 25.1 Å². The van der Waals surface area contributed by atoms with Crippen LogP contribution >= 0.6 is 11.8 Å². The Bertz CT molecular complexity index is 533. The van der Waals surface area contributed by atoms with Gasteiger partial charge in [0.2, 0.25) is 5.91 Å². The van der Waals surface area contributed by atoms with Crippen molar-refractivity contribution in [2.45, 2.75) is 24.3 Å². The number of hydrogen-bond donors (Lipinski definition) is 2. The largest absolute Gasteiger partial charge is 0.356 e. The van der Waals surface area contributed by atoms with Gasteiger partial charge < -0.3 is 15.5 Å². The number of benzene rings is 1. The Balaban J connectivity index is 1.77. The van der Waals surface area contributed by atoms with Crippen LogP contribution in [0.3, 0.4) is 0 Å². The van der Waals surface area contributed by atoms with Gasteiger partial charge in [-0.25, -0.2) is 4.99 Å². The van der Waals surface area contributed by atoms with Crippen LogP contribution in [0.25, 0.3) is 0 Å². The molecule has 0 heterocycles. The number of amides is 1. The van der Waals surface area contributed by atoms with Crippen molar-refractivity contribution in [3.63, 3.8) is 0 Å². The van der Waals surface area contributed by atoms with Crippen LogP contribution < -0.4 is 10.6 Å². The average Bonchev–Trinajstić information content (AvgIpc) is 3.24. The summed E-state index contributed by atoms with van der Waals surface area (Å²) in [6.45, 7) is 3.20. The molecule has 6 heteroatoms. The number of carbonyl (C=O) groups is 1. The lowest BCUT2D eigenvalue weighted by molar-refractivity contribution is -0.127. The summed E-state index contributed by atoms with van der Waals surface area (Å²) in [4.78, 5) is 18.9. The second-order valence-electron chi connectivity index (χ2n) is 6.01. The topological polar surface area (TPSA) is 56.7 Å². The monoisotopic (exact) mass is 334 g/mol. The normalized spacial score (nSPS) is 20.0. The molecule has 0 aromatic heterocycles. The van der Waals surface area contributed by atoms with Crippen LogP contribution in [0.1, 0.15) is 13.3 Å². The van der Waals surface area contributed by atoms with Crippen molar-refractivity contribution >= 4 is 23.6 Å². The maximum Gasteiger partial charge on any atom is 0.243 e. The molecule has 2 rings (SSSR count). The number of rotatable bonds is 7. The standard InChI is InChI=1S/C17H26N4OS/c1-13-11-15(13)20-17(19-12-16(22)21(2)3)18-9-10-23-14-7-5-4-6-8-14/h4-8,13,15H,9-12H2,1-3H3,(H2,18,19,20). The number of aliphatic imine (C=N–C) groups is 1. The molecule has 0 radical (unpaired) electrons. The Labute approximate surface area is 142 Å². The van der Waals surface area contributed by atoms with E-state index in [1.807, 2.05) is 18.2 Å². The lowest BCUT2D eigenvalue weighted by atomic mass is 10.4. The van der Waals surface area contributed by atoms with E-state index in [0.717, 1.165) is 18.3 Å². The highest BCUT2D eigenvalue weighted by atomic mass is 32.2. The van der Waals surface area contributed by atoms with Crippen LogP contribution in [-0.2, 0) is 4.79 Å². The number of hydrogen-bond acceptors (Lipinski definition) is 3. The van der Waals surface area contributed by atoms with Crippen molar-refractivity contribution in [3.05, 3.63) is 30.3 Å². The van der Waals surface area contributed by atoms with E-state index in [4.69, 9.17) is 0 Å². The second-order valence-corrected chi connectivity index (χ2v) is 7.17. The van der Waals surface area contributed by atoms with Crippen molar-refractivity contribution in [1.29, 1.82) is 0 Å². The second kappa shape index (κ2) is 8.82. The Hall–Kier alpha value is -1.69. The minimum Gasteiger partial charge on any atom is -0.356 e. The Morgan fingerprint density at radius 1 is 1.35 bits per heavy atom. The lowest BCUT2D eigenvalue weighted by Crippen LogP contribution is -2.41. The van der Waals surface area contributed by atoms with Gasteiger partial charge in [0.05, 0.1) is 0 Å². The fraction of sp³-hybridized carbons (Fsp3) is 0.529. The molecule has 5 nitrogen and oxygen atoms in total. The average molecular weight is 334 g/mol. The fourth-order valence-corrected chi connectivity index (χ4v) is 2.78. The van der Waals surface area contributed by atoms with Gasteiger partial charge in [-0.3, -0.25) is 4.79 Å². The summed E-state index contributed by atoms with van der Waals surface area (Å²) in [5.41, 5.74) is 0. The highest BCUT2D eigenvalue weighted by Crippen LogP contribution is 2.28. The molecular weight excluding hydrogens is 308 g/mol. The summed E-state index contributed by atoms with van der Waals surface area (Å²) in [6, 6.07) is 10.8. The van der Waals surface area contributed by atoms with Gasteiger partial charge in [-0.05, 0) is 24.5 Å². The molecule has 126 valence electrons. The lowest BCUT2D eigenvalue weighted by Gasteiger charge is -2.13. The molecule has 1 saturated carbocycles. The molecule has 0 saturated heterocycles. The van der Waals surface area contributed by atoms with Crippen LogP contribution in [0, 0.1) is 5.92 Å². The quantitative estimate of drug-likeness (QED) is 0.346. The number of likely N-dealkylation sites (N-methyl/N-ethyl adjacent to an activating group) is 1. The first-order chi connectivity index (χ1) is 11.1. The first kappa shape index (κ1) is 17.7. The Kier molecular flexibility index (Phi) is 6.77. The minimum atomic E-state index is 0.00797. The van der Waals surface area contributed by atoms with Gasteiger partial charge in [0, 0.05) is 37.3 Å². The van der Waals surface area contributed by atoms with Gasteiger partial charge in [0.15, 0.2) is 5.96 Å². The fourth-order valence-electron chi connectivity index (χ4n) is 1.99. The van der Waals surface area contributed by atoms with Crippen LogP contribution in [0.15, 0.2) is 40.2 Å². The third kappa shape index (κ3) is 6.52. The van der Waals surface area contributed by atoms with Crippen molar-refractivity contribution in [2.24, 2.45) is 10.9 Å². The molecule has 1 fully saturated rings. The first-order valence-electron chi connectivity index (χ1n) is 7.99. The van der Waals surface area contributed by atoms with E-state index < -0.39 is 0 Å².